The number of benzene rings is 2. The first-order chi connectivity index (χ1) is 13.7. The molecule has 7 nitrogen and oxygen atoms in total. The number of nitrogens with one attached hydrogen (secondary N) is 2. The third-order valence-corrected chi connectivity index (χ3v) is 4.74. The summed E-state index contributed by atoms with van der Waals surface area (Å²) in [6.07, 6.45) is 0. The number of hydrogen-bond donors (Lipinski definition) is 2. The highest BCUT2D eigenvalue weighted by molar-refractivity contribution is 5.84. The second kappa shape index (κ2) is 9.64. The van der Waals surface area contributed by atoms with Gasteiger partial charge in [0.15, 0.2) is 0 Å². The second-order valence-corrected chi connectivity index (χ2v) is 6.59. The van der Waals surface area contributed by atoms with Gasteiger partial charge < -0.3 is 25.2 Å². The zero-order valence-corrected chi connectivity index (χ0v) is 16.1. The number of rotatable bonds is 6. The molecule has 2 aromatic rings. The molecule has 2 aromatic carbocycles. The molecule has 0 atom stereocenters. The van der Waals surface area contributed by atoms with E-state index in [9.17, 15) is 9.59 Å². The third kappa shape index (κ3) is 5.39. The molecule has 7 heteroatoms. The average molecular weight is 382 g/mol. The van der Waals surface area contributed by atoms with Gasteiger partial charge in [-0.3, -0.25) is 4.79 Å². The van der Waals surface area contributed by atoms with Crippen molar-refractivity contribution < 1.29 is 14.3 Å². The fourth-order valence-electron chi connectivity index (χ4n) is 3.08. The molecule has 0 radical (unpaired) electrons. The number of hydrogen-bond acceptors (Lipinski definition) is 4. The predicted octanol–water partition coefficient (Wildman–Crippen LogP) is 1.84. The van der Waals surface area contributed by atoms with Gasteiger partial charge in [0.2, 0.25) is 5.91 Å². The van der Waals surface area contributed by atoms with Gasteiger partial charge in [0, 0.05) is 38.4 Å². The number of carbonyl (C=O) groups is 2. The molecule has 0 aromatic heterocycles. The maximum Gasteiger partial charge on any atom is 0.317 e. The number of nitrogens with zero attached hydrogens (tertiary/aromatic N) is 2. The van der Waals surface area contributed by atoms with Crippen LogP contribution in [0.1, 0.15) is 5.56 Å². The molecule has 2 N–H and O–H groups in total. The summed E-state index contributed by atoms with van der Waals surface area (Å²) in [6, 6.07) is 17.4. The first-order valence-electron chi connectivity index (χ1n) is 9.38. The normalized spacial score (nSPS) is 13.8. The van der Waals surface area contributed by atoms with E-state index in [1.165, 1.54) is 5.69 Å². The molecule has 28 heavy (non-hydrogen) atoms. The highest BCUT2D eigenvalue weighted by Gasteiger charge is 2.21. The van der Waals surface area contributed by atoms with E-state index in [4.69, 9.17) is 4.74 Å². The van der Waals surface area contributed by atoms with Gasteiger partial charge in [-0.25, -0.2) is 4.79 Å². The van der Waals surface area contributed by atoms with Crippen molar-refractivity contribution in [1.29, 1.82) is 0 Å². The zero-order valence-electron chi connectivity index (χ0n) is 16.1. The molecule has 148 valence electrons. The number of piperazine rings is 1. The van der Waals surface area contributed by atoms with Crippen LogP contribution in [0.15, 0.2) is 54.6 Å². The van der Waals surface area contributed by atoms with Crippen LogP contribution < -0.4 is 20.3 Å². The van der Waals surface area contributed by atoms with E-state index in [2.05, 4.69) is 27.7 Å². The van der Waals surface area contributed by atoms with Gasteiger partial charge >= 0.3 is 6.03 Å². The van der Waals surface area contributed by atoms with E-state index >= 15 is 0 Å². The lowest BCUT2D eigenvalue weighted by Crippen LogP contribution is -2.53. The molecule has 0 unspecified atom stereocenters. The number of para-hydroxylation sites is 1. The smallest absolute Gasteiger partial charge is 0.317 e. The monoisotopic (exact) mass is 382 g/mol. The van der Waals surface area contributed by atoms with Crippen LogP contribution >= 0.6 is 0 Å². The lowest BCUT2D eigenvalue weighted by atomic mass is 10.2. The van der Waals surface area contributed by atoms with Gasteiger partial charge in [0.05, 0.1) is 13.7 Å². The summed E-state index contributed by atoms with van der Waals surface area (Å²) in [6.45, 7) is 3.20. The summed E-state index contributed by atoms with van der Waals surface area (Å²) < 4.78 is 5.11. The lowest BCUT2D eigenvalue weighted by Gasteiger charge is -2.36. The van der Waals surface area contributed by atoms with Crippen molar-refractivity contribution in [3.63, 3.8) is 0 Å². The Labute approximate surface area is 165 Å². The van der Waals surface area contributed by atoms with Crippen LogP contribution in [0.4, 0.5) is 10.5 Å². The summed E-state index contributed by atoms with van der Waals surface area (Å²) >= 11 is 0. The topological polar surface area (TPSA) is 73.9 Å². The van der Waals surface area contributed by atoms with E-state index in [0.29, 0.717) is 19.6 Å². The van der Waals surface area contributed by atoms with E-state index in [0.717, 1.165) is 24.4 Å². The second-order valence-electron chi connectivity index (χ2n) is 6.59. The first kappa shape index (κ1) is 19.5. The Morgan fingerprint density at radius 2 is 1.61 bits per heavy atom. The van der Waals surface area contributed by atoms with Crippen LogP contribution in [0.2, 0.25) is 0 Å². The number of amides is 3. The van der Waals surface area contributed by atoms with Crippen molar-refractivity contribution in [2.45, 2.75) is 6.54 Å². The molecule has 1 saturated heterocycles. The van der Waals surface area contributed by atoms with Crippen molar-refractivity contribution >= 4 is 17.6 Å². The third-order valence-electron chi connectivity index (χ3n) is 4.74. The summed E-state index contributed by atoms with van der Waals surface area (Å²) in [7, 11) is 1.61. The minimum atomic E-state index is -0.216. The summed E-state index contributed by atoms with van der Waals surface area (Å²) in [4.78, 5) is 28.3. The molecule has 0 spiro atoms. The fraction of sp³-hybridized carbons (Fsp3) is 0.333. The summed E-state index contributed by atoms with van der Waals surface area (Å²) in [5, 5.41) is 5.50. The maximum atomic E-state index is 12.3. The van der Waals surface area contributed by atoms with Crippen molar-refractivity contribution in [2.75, 3.05) is 44.7 Å². The van der Waals surface area contributed by atoms with Crippen LogP contribution in [0.25, 0.3) is 0 Å². The van der Waals surface area contributed by atoms with Crippen LogP contribution in [0.5, 0.6) is 5.75 Å². The summed E-state index contributed by atoms with van der Waals surface area (Å²) in [5.41, 5.74) is 2.14. The highest BCUT2D eigenvalue weighted by Crippen LogP contribution is 2.15. The van der Waals surface area contributed by atoms with Crippen LogP contribution in [0, 0.1) is 0 Å². The molecule has 0 aliphatic carbocycles. The highest BCUT2D eigenvalue weighted by atomic mass is 16.5. The fourth-order valence-corrected chi connectivity index (χ4v) is 3.08. The Hall–Kier alpha value is -3.22. The van der Waals surface area contributed by atoms with Gasteiger partial charge in [-0.2, -0.15) is 0 Å². The van der Waals surface area contributed by atoms with Gasteiger partial charge in [-0.1, -0.05) is 30.3 Å². The predicted molar refractivity (Wildman–Crippen MR) is 108 cm³/mol. The molecule has 1 heterocycles. The maximum absolute atomic E-state index is 12.3. The largest absolute Gasteiger partial charge is 0.497 e. The molecule has 0 saturated carbocycles. The van der Waals surface area contributed by atoms with Crippen LogP contribution in [-0.2, 0) is 11.3 Å². The Morgan fingerprint density at radius 3 is 2.25 bits per heavy atom. The van der Waals surface area contributed by atoms with Crippen molar-refractivity contribution in [2.24, 2.45) is 0 Å². The van der Waals surface area contributed by atoms with Crippen molar-refractivity contribution in [3.8, 4) is 5.75 Å². The quantitative estimate of drug-likeness (QED) is 0.800. The molecule has 1 aliphatic heterocycles. The molecule has 3 amide bonds. The molecule has 1 aliphatic rings. The SMILES string of the molecule is COc1ccc(CNC(=O)CNC(=O)N2CCN(c3ccccc3)CC2)cc1. The first-order valence-corrected chi connectivity index (χ1v) is 9.38. The lowest BCUT2D eigenvalue weighted by molar-refractivity contribution is -0.120. The molecule has 3 rings (SSSR count). The minimum Gasteiger partial charge on any atom is -0.497 e. The van der Waals surface area contributed by atoms with Crippen molar-refractivity contribution in [3.05, 3.63) is 60.2 Å². The van der Waals surface area contributed by atoms with E-state index in [-0.39, 0.29) is 18.5 Å². The van der Waals surface area contributed by atoms with E-state index in [1.54, 1.807) is 12.0 Å². The number of urea groups is 1. The van der Waals surface area contributed by atoms with Gasteiger partial charge in [-0.15, -0.1) is 0 Å². The molecule has 1 fully saturated rings. The van der Waals surface area contributed by atoms with Gasteiger partial charge in [-0.05, 0) is 29.8 Å². The standard InChI is InChI=1S/C21H26N4O3/c1-28-19-9-7-17(8-10-19)15-22-20(26)16-23-21(27)25-13-11-24(12-14-25)18-5-3-2-4-6-18/h2-10H,11-16H2,1H3,(H,22,26)(H,23,27). The Morgan fingerprint density at radius 1 is 0.929 bits per heavy atom. The van der Waals surface area contributed by atoms with Gasteiger partial charge in [0.25, 0.3) is 0 Å². The Balaban J connectivity index is 1.36. The van der Waals surface area contributed by atoms with Crippen LogP contribution in [-0.4, -0.2) is 56.7 Å². The van der Waals surface area contributed by atoms with E-state index in [1.807, 2.05) is 42.5 Å². The molecular formula is C21H26N4O3. The van der Waals surface area contributed by atoms with E-state index < -0.39 is 0 Å². The zero-order chi connectivity index (χ0) is 19.8. The van der Waals surface area contributed by atoms with Crippen LogP contribution in [0.3, 0.4) is 0 Å². The van der Waals surface area contributed by atoms with Crippen molar-refractivity contribution in [1.82, 2.24) is 15.5 Å². The molecule has 0 bridgehead atoms. The van der Waals surface area contributed by atoms with Gasteiger partial charge in [0.1, 0.15) is 5.75 Å². The Bertz CT molecular complexity index is 772. The number of methoxy groups -OCH3 is 1. The molecular weight excluding hydrogens is 356 g/mol. The number of ether oxygens (including phenoxy) is 1. The minimum absolute atomic E-state index is 0.0338. The number of carbonyl (C=O) groups excluding carboxylic acids is 2. The average Bonchev–Trinajstić information content (AvgIpc) is 2.77. The number of anilines is 1. The Kier molecular flexibility index (Phi) is 6.73. The summed E-state index contributed by atoms with van der Waals surface area (Å²) in [5.74, 6) is 0.557.